The number of halogens is 1. The zero-order valence-electron chi connectivity index (χ0n) is 16.6. The molecule has 1 aliphatic heterocycles. The maximum absolute atomic E-state index is 13.6. The molecule has 0 spiro atoms. The summed E-state index contributed by atoms with van der Waals surface area (Å²) in [5.74, 6) is 0. The van der Waals surface area contributed by atoms with Gasteiger partial charge < -0.3 is 34.5 Å². The van der Waals surface area contributed by atoms with Crippen LogP contribution in [0.5, 0.6) is 0 Å². The number of nitrogens with one attached hydrogen (secondary N) is 1. The van der Waals surface area contributed by atoms with Crippen LogP contribution in [0.25, 0.3) is 0 Å². The van der Waals surface area contributed by atoms with E-state index in [4.69, 9.17) is 22.2 Å². The summed E-state index contributed by atoms with van der Waals surface area (Å²) in [6.07, 6.45) is -6.76. The SMILES string of the molecule is [2H]C([2H])(OP(=O)(O)OP(=O)(O)OP(=O)(O)O)[C@H]1O[C@@H](n2ccc(=O)[nH]c2=O)C(O)(CF)[C@H]1O. The lowest BCUT2D eigenvalue weighted by Gasteiger charge is -2.28. The number of phosphoric ester groups is 1. The lowest BCUT2D eigenvalue weighted by atomic mass is 9.95. The third-order valence-corrected chi connectivity index (χ3v) is 7.18. The number of hydrogen-bond donors (Lipinski definition) is 7. The van der Waals surface area contributed by atoms with Gasteiger partial charge in [-0.25, -0.2) is 22.9 Å². The molecule has 1 aliphatic rings. The van der Waals surface area contributed by atoms with E-state index in [2.05, 4.69) is 13.1 Å². The van der Waals surface area contributed by atoms with Crippen molar-refractivity contribution in [3.8, 4) is 0 Å². The molecule has 1 saturated heterocycles. The fourth-order valence-corrected chi connectivity index (χ4v) is 5.19. The molecule has 1 fully saturated rings. The van der Waals surface area contributed by atoms with Crippen LogP contribution < -0.4 is 11.2 Å². The minimum Gasteiger partial charge on any atom is -0.387 e. The highest BCUT2D eigenvalue weighted by molar-refractivity contribution is 7.66. The van der Waals surface area contributed by atoms with Crippen molar-refractivity contribution in [3.05, 3.63) is 33.1 Å². The van der Waals surface area contributed by atoms with Gasteiger partial charge in [-0.3, -0.25) is 18.9 Å². The summed E-state index contributed by atoms with van der Waals surface area (Å²) in [6.45, 7) is -5.65. The number of aromatic nitrogens is 2. The van der Waals surface area contributed by atoms with E-state index in [0.29, 0.717) is 10.8 Å². The molecule has 0 aromatic carbocycles. The Morgan fingerprint density at radius 2 is 1.84 bits per heavy atom. The van der Waals surface area contributed by atoms with Gasteiger partial charge in [-0.2, -0.15) is 8.62 Å². The maximum atomic E-state index is 13.6. The summed E-state index contributed by atoms with van der Waals surface area (Å²) >= 11 is 0. The Kier molecular flexibility index (Phi) is 6.72. The van der Waals surface area contributed by atoms with Gasteiger partial charge in [0.2, 0.25) is 0 Å². The van der Waals surface area contributed by atoms with Gasteiger partial charge in [0.05, 0.1) is 9.30 Å². The summed E-state index contributed by atoms with van der Waals surface area (Å²) in [6, 6.07) is 0.726. The highest BCUT2D eigenvalue weighted by Gasteiger charge is 2.57. The molecular weight excluding hydrogens is 500 g/mol. The van der Waals surface area contributed by atoms with Crippen molar-refractivity contribution in [2.75, 3.05) is 13.2 Å². The zero-order valence-corrected chi connectivity index (χ0v) is 17.3. The van der Waals surface area contributed by atoms with Crippen molar-refractivity contribution in [2.45, 2.75) is 24.0 Å². The highest BCUT2D eigenvalue weighted by Crippen LogP contribution is 2.66. The van der Waals surface area contributed by atoms with Gasteiger partial charge >= 0.3 is 29.2 Å². The zero-order chi connectivity index (χ0) is 25.6. The molecule has 7 N–H and O–H groups in total. The van der Waals surface area contributed by atoms with Crippen LogP contribution in [0.3, 0.4) is 0 Å². The molecule has 3 unspecified atom stereocenters. The van der Waals surface area contributed by atoms with Crippen molar-refractivity contribution < 1.29 is 68.5 Å². The Hall–Kier alpha value is -1.10. The van der Waals surface area contributed by atoms with E-state index in [1.807, 2.05) is 0 Å². The standard InChI is InChI=1S/C10H16FN2O15P3/c11-4-10(17)7(15)5(26-8(10)13-2-1-6(14)12-9(13)16)3-25-30(21,22)28-31(23,24)27-29(18,19)20/h1-2,5,7-8,15,17H,3-4H2,(H,21,22)(H,23,24)(H,12,14,16)(H2,18,19,20)/t5-,7+,8-,10?/m1/s1/i3D2. The van der Waals surface area contributed by atoms with Crippen LogP contribution in [0, 0.1) is 0 Å². The third kappa shape index (κ3) is 6.46. The largest absolute Gasteiger partial charge is 0.490 e. The second kappa shape index (κ2) is 9.03. The van der Waals surface area contributed by atoms with Crippen LogP contribution in [-0.2, 0) is 31.6 Å². The second-order valence-corrected chi connectivity index (χ2v) is 10.1. The van der Waals surface area contributed by atoms with E-state index in [1.165, 1.54) is 0 Å². The first-order valence-corrected chi connectivity index (χ1v) is 12.0. The van der Waals surface area contributed by atoms with Gasteiger partial charge in [-0.05, 0) is 0 Å². The molecule has 0 aliphatic carbocycles. The van der Waals surface area contributed by atoms with Gasteiger partial charge in [0, 0.05) is 12.3 Å². The molecule has 31 heavy (non-hydrogen) atoms. The predicted octanol–water partition coefficient (Wildman–Crippen LogP) is -2.16. The predicted molar refractivity (Wildman–Crippen MR) is 92.0 cm³/mol. The second-order valence-electron chi connectivity index (χ2n) is 5.80. The molecule has 0 bridgehead atoms. The first-order valence-electron chi connectivity index (χ1n) is 8.51. The van der Waals surface area contributed by atoms with Gasteiger partial charge in [0.15, 0.2) is 11.8 Å². The van der Waals surface area contributed by atoms with Crippen LogP contribution in [0.2, 0.25) is 0 Å². The molecular formula is C10H16FN2O15P3. The van der Waals surface area contributed by atoms with Crippen LogP contribution in [0.4, 0.5) is 4.39 Å². The monoisotopic (exact) mass is 518 g/mol. The Bertz CT molecular complexity index is 1150. The molecule has 1 aromatic rings. The Morgan fingerprint density at radius 3 is 2.35 bits per heavy atom. The average molecular weight is 518 g/mol. The van der Waals surface area contributed by atoms with Gasteiger partial charge in [-0.15, -0.1) is 0 Å². The molecule has 17 nitrogen and oxygen atoms in total. The quantitative estimate of drug-likeness (QED) is 0.172. The number of hydrogen-bond acceptors (Lipinski definition) is 11. The summed E-state index contributed by atoms with van der Waals surface area (Å²) in [4.78, 5) is 60.4. The molecule has 1 aromatic heterocycles. The number of alkyl halides is 1. The van der Waals surface area contributed by atoms with E-state index < -0.39 is 72.0 Å². The minimum atomic E-state index is -6.10. The number of aliphatic hydroxyl groups excluding tert-OH is 1. The number of phosphoric acid groups is 3. The van der Waals surface area contributed by atoms with Gasteiger partial charge in [0.1, 0.15) is 18.9 Å². The van der Waals surface area contributed by atoms with E-state index >= 15 is 0 Å². The number of rotatable bonds is 9. The van der Waals surface area contributed by atoms with Crippen molar-refractivity contribution in [3.63, 3.8) is 0 Å². The molecule has 0 amide bonds. The highest BCUT2D eigenvalue weighted by atomic mass is 31.3. The van der Waals surface area contributed by atoms with Crippen molar-refractivity contribution in [2.24, 2.45) is 0 Å². The van der Waals surface area contributed by atoms with Crippen LogP contribution in [-0.4, -0.2) is 70.4 Å². The molecule has 21 heteroatoms. The molecule has 0 radical (unpaired) electrons. The summed E-state index contributed by atoms with van der Waals surface area (Å²) in [5.41, 5.74) is -5.29. The molecule has 6 atom stereocenters. The van der Waals surface area contributed by atoms with Crippen LogP contribution in [0.15, 0.2) is 21.9 Å². The molecule has 178 valence electrons. The molecule has 0 saturated carbocycles. The van der Waals surface area contributed by atoms with Crippen molar-refractivity contribution in [1.82, 2.24) is 9.55 Å². The van der Waals surface area contributed by atoms with Crippen molar-refractivity contribution >= 4 is 23.5 Å². The number of aromatic amines is 1. The van der Waals surface area contributed by atoms with Crippen LogP contribution in [0.1, 0.15) is 8.97 Å². The lowest BCUT2D eigenvalue weighted by Crippen LogP contribution is -2.51. The topological polar surface area (TPSA) is 264 Å². The number of nitrogens with zero attached hydrogens (tertiary/aromatic N) is 1. The maximum Gasteiger partial charge on any atom is 0.490 e. The average Bonchev–Trinajstić information content (AvgIpc) is 2.83. The van der Waals surface area contributed by atoms with Crippen molar-refractivity contribution in [1.29, 1.82) is 0 Å². The fraction of sp³-hybridized carbons (Fsp3) is 0.600. The first kappa shape index (κ1) is 23.1. The summed E-state index contributed by atoms with van der Waals surface area (Å²) < 4.78 is 79.0. The number of ether oxygens (including phenoxy) is 1. The lowest BCUT2D eigenvalue weighted by molar-refractivity contribution is -0.121. The van der Waals surface area contributed by atoms with Gasteiger partial charge in [-0.1, -0.05) is 0 Å². The van der Waals surface area contributed by atoms with E-state index in [1.54, 1.807) is 4.98 Å². The molecule has 2 rings (SSSR count). The number of H-pyrrole nitrogens is 1. The third-order valence-electron chi connectivity index (χ3n) is 3.52. The minimum absolute atomic E-state index is 0.352. The first-order chi connectivity index (χ1) is 14.7. The van der Waals surface area contributed by atoms with E-state index in [9.17, 15) is 42.8 Å². The summed E-state index contributed by atoms with van der Waals surface area (Å²) in [5, 5.41) is 20.7. The molecule has 2 heterocycles. The Balaban J connectivity index is 2.35. The number of aliphatic hydroxyl groups is 2. The van der Waals surface area contributed by atoms with E-state index in [0.717, 1.165) is 6.07 Å². The Morgan fingerprint density at radius 1 is 1.23 bits per heavy atom. The fourth-order valence-electron chi connectivity index (χ4n) is 2.31. The van der Waals surface area contributed by atoms with Crippen LogP contribution >= 0.6 is 23.5 Å². The Labute approximate surface area is 172 Å². The van der Waals surface area contributed by atoms with Gasteiger partial charge in [0.25, 0.3) is 5.56 Å². The smallest absolute Gasteiger partial charge is 0.387 e. The summed E-state index contributed by atoms with van der Waals surface area (Å²) in [7, 11) is -17.9. The normalized spacial score (nSPS) is 32.0. The van der Waals surface area contributed by atoms with E-state index in [-0.39, 0.29) is 0 Å².